The first kappa shape index (κ1) is 14.6. The first-order chi connectivity index (χ1) is 9.79. The Morgan fingerprint density at radius 2 is 1.57 bits per heavy atom. The minimum absolute atomic E-state index is 0.108. The number of halogens is 4. The summed E-state index contributed by atoms with van der Waals surface area (Å²) < 4.78 is 52.4. The number of nitrogens with two attached hydrogens (primary N) is 1. The van der Waals surface area contributed by atoms with E-state index in [2.05, 4.69) is 5.32 Å². The van der Waals surface area contributed by atoms with Crippen LogP contribution < -0.4 is 11.1 Å². The summed E-state index contributed by atoms with van der Waals surface area (Å²) >= 11 is 0. The second-order valence-electron chi connectivity index (χ2n) is 4.10. The molecule has 0 aliphatic carbocycles. The number of hydrogen-bond acceptors (Lipinski definition) is 3. The number of carboxylic acids is 1. The van der Waals surface area contributed by atoms with Crippen molar-refractivity contribution < 1.29 is 27.5 Å². The highest BCUT2D eigenvalue weighted by molar-refractivity contribution is 5.91. The number of rotatable bonds is 3. The number of carboxylic acid groups (broad SMARTS) is 1. The van der Waals surface area contributed by atoms with Crippen molar-refractivity contribution >= 4 is 23.0 Å². The first-order valence-electron chi connectivity index (χ1n) is 5.53. The van der Waals surface area contributed by atoms with E-state index in [1.54, 1.807) is 0 Å². The van der Waals surface area contributed by atoms with Gasteiger partial charge in [-0.1, -0.05) is 0 Å². The highest BCUT2D eigenvalue weighted by atomic mass is 19.2. The molecule has 0 radical (unpaired) electrons. The van der Waals surface area contributed by atoms with E-state index in [1.165, 1.54) is 0 Å². The second kappa shape index (κ2) is 5.31. The summed E-state index contributed by atoms with van der Waals surface area (Å²) in [5, 5.41) is 11.1. The van der Waals surface area contributed by atoms with E-state index in [1.807, 2.05) is 0 Å². The van der Waals surface area contributed by atoms with Crippen LogP contribution in [0.3, 0.4) is 0 Å². The minimum Gasteiger partial charge on any atom is -0.478 e. The number of nitrogen functional groups attached to an aromatic ring is 1. The van der Waals surface area contributed by atoms with Crippen molar-refractivity contribution in [3.05, 3.63) is 53.1 Å². The van der Waals surface area contributed by atoms with Gasteiger partial charge in [0.15, 0.2) is 17.5 Å². The van der Waals surface area contributed by atoms with E-state index in [-0.39, 0.29) is 17.1 Å². The zero-order chi connectivity index (χ0) is 15.7. The summed E-state index contributed by atoms with van der Waals surface area (Å²) in [6.45, 7) is 0. The highest BCUT2D eigenvalue weighted by Crippen LogP contribution is 2.28. The predicted octanol–water partition coefficient (Wildman–Crippen LogP) is 3.27. The maximum absolute atomic E-state index is 13.5. The van der Waals surface area contributed by atoms with Crippen LogP contribution in [0.2, 0.25) is 0 Å². The van der Waals surface area contributed by atoms with Gasteiger partial charge in [-0.2, -0.15) is 0 Å². The molecule has 0 bridgehead atoms. The molecule has 2 rings (SSSR count). The van der Waals surface area contributed by atoms with Crippen molar-refractivity contribution in [2.75, 3.05) is 11.1 Å². The third-order valence-electron chi connectivity index (χ3n) is 2.63. The molecule has 0 heterocycles. The lowest BCUT2D eigenvalue weighted by Gasteiger charge is -2.11. The Kier molecular flexibility index (Phi) is 3.70. The summed E-state index contributed by atoms with van der Waals surface area (Å²) in [6, 6.07) is 2.93. The van der Waals surface area contributed by atoms with Crippen molar-refractivity contribution in [2.24, 2.45) is 0 Å². The average Bonchev–Trinajstić information content (AvgIpc) is 2.39. The largest absolute Gasteiger partial charge is 0.478 e. The van der Waals surface area contributed by atoms with E-state index in [4.69, 9.17) is 10.8 Å². The molecule has 2 aromatic rings. The maximum Gasteiger partial charge on any atom is 0.338 e. The minimum atomic E-state index is -1.64. The smallest absolute Gasteiger partial charge is 0.338 e. The van der Waals surface area contributed by atoms with Crippen molar-refractivity contribution in [3.8, 4) is 0 Å². The fraction of sp³-hybridized carbons (Fsp3) is 0. The van der Waals surface area contributed by atoms with Gasteiger partial charge in [0.1, 0.15) is 5.82 Å². The van der Waals surface area contributed by atoms with Crippen LogP contribution in [0.1, 0.15) is 10.4 Å². The molecule has 0 aliphatic rings. The van der Waals surface area contributed by atoms with E-state index in [0.29, 0.717) is 12.1 Å². The zero-order valence-corrected chi connectivity index (χ0v) is 10.3. The van der Waals surface area contributed by atoms with Crippen molar-refractivity contribution in [2.45, 2.75) is 0 Å². The lowest BCUT2D eigenvalue weighted by atomic mass is 10.1. The summed E-state index contributed by atoms with van der Waals surface area (Å²) in [7, 11) is 0. The van der Waals surface area contributed by atoms with Crippen LogP contribution in [0.4, 0.5) is 34.6 Å². The van der Waals surface area contributed by atoms with E-state index >= 15 is 0 Å². The summed E-state index contributed by atoms with van der Waals surface area (Å²) in [4.78, 5) is 10.7. The number of carbonyl (C=O) groups is 1. The Hall–Kier alpha value is -2.77. The van der Waals surface area contributed by atoms with Crippen LogP contribution in [-0.4, -0.2) is 11.1 Å². The van der Waals surface area contributed by atoms with Crippen LogP contribution in [0, 0.1) is 23.3 Å². The third-order valence-corrected chi connectivity index (χ3v) is 2.63. The molecule has 0 saturated heterocycles. The van der Waals surface area contributed by atoms with Gasteiger partial charge >= 0.3 is 5.97 Å². The van der Waals surface area contributed by atoms with Crippen LogP contribution in [-0.2, 0) is 0 Å². The van der Waals surface area contributed by atoms with Gasteiger partial charge in [-0.05, 0) is 6.07 Å². The van der Waals surface area contributed by atoms with Crippen LogP contribution in [0.25, 0.3) is 0 Å². The van der Waals surface area contributed by atoms with Crippen molar-refractivity contribution in [1.82, 2.24) is 0 Å². The number of nitrogens with one attached hydrogen (secondary N) is 1. The normalized spacial score (nSPS) is 10.5. The van der Waals surface area contributed by atoms with Gasteiger partial charge in [-0.3, -0.25) is 0 Å². The molecule has 0 fully saturated rings. The highest BCUT2D eigenvalue weighted by Gasteiger charge is 2.15. The van der Waals surface area contributed by atoms with Crippen LogP contribution in [0.5, 0.6) is 0 Å². The molecular weight excluding hydrogens is 292 g/mol. The molecule has 2 aromatic carbocycles. The molecule has 0 spiro atoms. The Balaban J connectivity index is 2.41. The Morgan fingerprint density at radius 3 is 2.10 bits per heavy atom. The summed E-state index contributed by atoms with van der Waals surface area (Å²) in [5.41, 5.74) is 4.41. The monoisotopic (exact) mass is 300 g/mol. The quantitative estimate of drug-likeness (QED) is 0.462. The van der Waals surface area contributed by atoms with Gasteiger partial charge in [0.05, 0.1) is 16.9 Å². The SMILES string of the molecule is Nc1cc(C(=O)O)c(F)cc1Nc1cc(F)c(F)c(F)c1. The standard InChI is InChI=1S/C13H8F4N2O2/c14-7-4-11(10(18)3-6(7)13(20)21)19-5-1-8(15)12(17)9(16)2-5/h1-4,19H,18H2,(H,20,21). The molecule has 0 saturated carbocycles. The summed E-state index contributed by atoms with van der Waals surface area (Å²) in [6.07, 6.45) is 0. The molecule has 110 valence electrons. The van der Waals surface area contributed by atoms with Gasteiger partial charge in [-0.25, -0.2) is 22.4 Å². The maximum atomic E-state index is 13.5. The van der Waals surface area contributed by atoms with Gasteiger partial charge in [0.25, 0.3) is 0 Å². The van der Waals surface area contributed by atoms with Gasteiger partial charge in [-0.15, -0.1) is 0 Å². The van der Waals surface area contributed by atoms with Crippen LogP contribution >= 0.6 is 0 Å². The number of benzene rings is 2. The molecule has 8 heteroatoms. The fourth-order valence-corrected chi connectivity index (χ4v) is 1.65. The van der Waals surface area contributed by atoms with Gasteiger partial charge in [0.2, 0.25) is 0 Å². The van der Waals surface area contributed by atoms with Crippen molar-refractivity contribution in [1.29, 1.82) is 0 Å². The van der Waals surface area contributed by atoms with Crippen molar-refractivity contribution in [3.63, 3.8) is 0 Å². The number of aromatic carboxylic acids is 1. The molecular formula is C13H8F4N2O2. The molecule has 0 aliphatic heterocycles. The lowest BCUT2D eigenvalue weighted by Crippen LogP contribution is -2.05. The van der Waals surface area contributed by atoms with E-state index in [9.17, 15) is 22.4 Å². The van der Waals surface area contributed by atoms with Gasteiger partial charge in [0, 0.05) is 23.9 Å². The third kappa shape index (κ3) is 2.88. The van der Waals surface area contributed by atoms with E-state index < -0.39 is 34.8 Å². The molecule has 0 unspecified atom stereocenters. The topological polar surface area (TPSA) is 75.4 Å². The molecule has 0 amide bonds. The Bertz CT molecular complexity index is 711. The number of anilines is 3. The average molecular weight is 300 g/mol. The van der Waals surface area contributed by atoms with Crippen LogP contribution in [0.15, 0.2) is 24.3 Å². The van der Waals surface area contributed by atoms with E-state index in [0.717, 1.165) is 12.1 Å². The van der Waals surface area contributed by atoms with Gasteiger partial charge < -0.3 is 16.2 Å². The predicted molar refractivity (Wildman–Crippen MR) is 67.4 cm³/mol. The Labute approximate surface area is 115 Å². The second-order valence-corrected chi connectivity index (χ2v) is 4.10. The molecule has 0 atom stereocenters. The summed E-state index contributed by atoms with van der Waals surface area (Å²) in [5.74, 6) is -7.09. The molecule has 4 N–H and O–H groups in total. The molecule has 4 nitrogen and oxygen atoms in total. The fourth-order valence-electron chi connectivity index (χ4n) is 1.65. The zero-order valence-electron chi connectivity index (χ0n) is 10.3. The molecule has 0 aromatic heterocycles. The Morgan fingerprint density at radius 1 is 1.00 bits per heavy atom. The first-order valence-corrected chi connectivity index (χ1v) is 5.53. The lowest BCUT2D eigenvalue weighted by molar-refractivity contribution is 0.0692. The number of hydrogen-bond donors (Lipinski definition) is 3. The molecule has 21 heavy (non-hydrogen) atoms.